The van der Waals surface area contributed by atoms with Crippen molar-refractivity contribution < 1.29 is 24.2 Å². The number of carboxylic acid groups (broad SMARTS) is 1. The third kappa shape index (κ3) is 7.77. The summed E-state index contributed by atoms with van der Waals surface area (Å²) in [7, 11) is 0. The molecule has 0 spiro atoms. The Balaban J connectivity index is 1.62. The van der Waals surface area contributed by atoms with Gasteiger partial charge in [0.2, 0.25) is 0 Å². The zero-order valence-electron chi connectivity index (χ0n) is 20.2. The average molecular weight is 508 g/mol. The molecule has 0 fully saturated rings. The maximum Gasteiger partial charge on any atom is 0.306 e. The van der Waals surface area contributed by atoms with Crippen LogP contribution in [0.5, 0.6) is 0 Å². The first kappa shape index (κ1) is 27.1. The first-order chi connectivity index (χ1) is 17.4. The Morgan fingerprint density at radius 3 is 2.22 bits per heavy atom. The summed E-state index contributed by atoms with van der Waals surface area (Å²) >= 11 is 5.94. The summed E-state index contributed by atoms with van der Waals surface area (Å²) in [6.45, 7) is 3.28. The molecule has 1 unspecified atom stereocenters. The molecule has 0 aliphatic heterocycles. The van der Waals surface area contributed by atoms with E-state index in [9.17, 15) is 19.5 Å². The SMILES string of the molecule is CCOCCNC(=O)c1ccccc1CCC(CC(=O)c1ccc(-c2ccc(Cl)cc2)cc1)C(=O)O. The zero-order chi connectivity index (χ0) is 25.9. The van der Waals surface area contributed by atoms with Crippen LogP contribution in [0.2, 0.25) is 5.02 Å². The minimum atomic E-state index is -1.03. The summed E-state index contributed by atoms with van der Waals surface area (Å²) in [5.74, 6) is -2.34. The maximum atomic E-state index is 12.9. The number of carbonyl (C=O) groups excluding carboxylic acids is 2. The molecule has 6 nitrogen and oxygen atoms in total. The molecule has 1 amide bonds. The van der Waals surface area contributed by atoms with Crippen LogP contribution in [0.15, 0.2) is 72.8 Å². The molecule has 3 aromatic rings. The van der Waals surface area contributed by atoms with E-state index in [0.717, 1.165) is 16.7 Å². The van der Waals surface area contributed by atoms with Crippen molar-refractivity contribution in [3.63, 3.8) is 0 Å². The summed E-state index contributed by atoms with van der Waals surface area (Å²) in [5.41, 5.74) is 3.63. The van der Waals surface area contributed by atoms with E-state index in [1.807, 2.05) is 43.3 Å². The molecule has 3 rings (SSSR count). The minimum Gasteiger partial charge on any atom is -0.481 e. The molecule has 36 heavy (non-hydrogen) atoms. The van der Waals surface area contributed by atoms with Crippen molar-refractivity contribution in [1.82, 2.24) is 5.32 Å². The average Bonchev–Trinajstić information content (AvgIpc) is 2.89. The fraction of sp³-hybridized carbons (Fsp3) is 0.276. The number of ether oxygens (including phenoxy) is 1. The van der Waals surface area contributed by atoms with Crippen LogP contribution in [0.3, 0.4) is 0 Å². The maximum absolute atomic E-state index is 12.9. The third-order valence-corrected chi connectivity index (χ3v) is 6.18. The van der Waals surface area contributed by atoms with Gasteiger partial charge in [0.25, 0.3) is 5.91 Å². The highest BCUT2D eigenvalue weighted by molar-refractivity contribution is 6.30. The van der Waals surface area contributed by atoms with E-state index < -0.39 is 11.9 Å². The second-order valence-corrected chi connectivity index (χ2v) is 8.83. The lowest BCUT2D eigenvalue weighted by Crippen LogP contribution is -2.28. The number of carbonyl (C=O) groups is 3. The lowest BCUT2D eigenvalue weighted by molar-refractivity contribution is -0.141. The van der Waals surface area contributed by atoms with E-state index in [-0.39, 0.29) is 24.5 Å². The van der Waals surface area contributed by atoms with E-state index in [1.54, 1.807) is 36.4 Å². The molecule has 0 heterocycles. The van der Waals surface area contributed by atoms with Crippen molar-refractivity contribution in [3.05, 3.63) is 94.5 Å². The molecule has 0 aromatic heterocycles. The Bertz CT molecular complexity index is 1180. The first-order valence-electron chi connectivity index (χ1n) is 11.9. The lowest BCUT2D eigenvalue weighted by atomic mass is 9.90. The number of hydrogen-bond donors (Lipinski definition) is 2. The number of hydrogen-bond acceptors (Lipinski definition) is 4. The van der Waals surface area contributed by atoms with Gasteiger partial charge in [-0.25, -0.2) is 0 Å². The highest BCUT2D eigenvalue weighted by Crippen LogP contribution is 2.24. The molecule has 0 bridgehead atoms. The molecule has 0 aliphatic carbocycles. The fourth-order valence-corrected chi connectivity index (χ4v) is 4.04. The number of carboxylic acids is 1. The number of nitrogens with one attached hydrogen (secondary N) is 1. The van der Waals surface area contributed by atoms with E-state index >= 15 is 0 Å². The monoisotopic (exact) mass is 507 g/mol. The van der Waals surface area contributed by atoms with Crippen LogP contribution in [0.1, 0.15) is 46.0 Å². The van der Waals surface area contributed by atoms with Crippen molar-refractivity contribution in [2.24, 2.45) is 5.92 Å². The van der Waals surface area contributed by atoms with Crippen molar-refractivity contribution in [2.45, 2.75) is 26.2 Å². The number of aryl methyl sites for hydroxylation is 1. The van der Waals surface area contributed by atoms with Crippen LogP contribution in [-0.2, 0) is 16.0 Å². The Morgan fingerprint density at radius 1 is 0.944 bits per heavy atom. The predicted octanol–water partition coefficient (Wildman–Crippen LogP) is 5.68. The summed E-state index contributed by atoms with van der Waals surface area (Å²) < 4.78 is 5.25. The predicted molar refractivity (Wildman–Crippen MR) is 141 cm³/mol. The van der Waals surface area contributed by atoms with Gasteiger partial charge in [0.05, 0.1) is 12.5 Å². The summed E-state index contributed by atoms with van der Waals surface area (Å²) in [5, 5.41) is 13.2. The van der Waals surface area contributed by atoms with Crippen LogP contribution in [0.25, 0.3) is 11.1 Å². The molecule has 188 valence electrons. The molecule has 2 N–H and O–H groups in total. The van der Waals surface area contributed by atoms with Crippen molar-refractivity contribution >= 4 is 29.3 Å². The van der Waals surface area contributed by atoms with Gasteiger partial charge in [-0.3, -0.25) is 14.4 Å². The number of benzene rings is 3. The fourth-order valence-electron chi connectivity index (χ4n) is 3.91. The van der Waals surface area contributed by atoms with Gasteiger partial charge >= 0.3 is 5.97 Å². The number of Topliss-reactive ketones (excluding diaryl/α,β-unsaturated/α-hetero) is 1. The van der Waals surface area contributed by atoms with E-state index in [2.05, 4.69) is 5.32 Å². The quantitative estimate of drug-likeness (QED) is 0.229. The molecule has 7 heteroatoms. The van der Waals surface area contributed by atoms with Crippen LogP contribution in [-0.4, -0.2) is 42.5 Å². The van der Waals surface area contributed by atoms with Gasteiger partial charge < -0.3 is 15.2 Å². The Morgan fingerprint density at radius 2 is 1.58 bits per heavy atom. The molecule has 3 aromatic carbocycles. The molecular weight excluding hydrogens is 478 g/mol. The lowest BCUT2D eigenvalue weighted by Gasteiger charge is -2.14. The van der Waals surface area contributed by atoms with Crippen LogP contribution in [0, 0.1) is 5.92 Å². The van der Waals surface area contributed by atoms with E-state index in [4.69, 9.17) is 16.3 Å². The van der Waals surface area contributed by atoms with Gasteiger partial charge in [0, 0.05) is 35.7 Å². The highest BCUT2D eigenvalue weighted by atomic mass is 35.5. The first-order valence-corrected chi connectivity index (χ1v) is 12.3. The van der Waals surface area contributed by atoms with Gasteiger partial charge in [-0.05, 0) is 54.7 Å². The smallest absolute Gasteiger partial charge is 0.306 e. The highest BCUT2D eigenvalue weighted by Gasteiger charge is 2.23. The molecule has 0 aliphatic rings. The van der Waals surface area contributed by atoms with E-state index in [1.165, 1.54) is 0 Å². The Labute approximate surface area is 216 Å². The van der Waals surface area contributed by atoms with Gasteiger partial charge in [-0.2, -0.15) is 0 Å². The number of rotatable bonds is 13. The second kappa shape index (κ2) is 13.6. The van der Waals surface area contributed by atoms with Gasteiger partial charge in [-0.1, -0.05) is 66.2 Å². The van der Waals surface area contributed by atoms with Crippen molar-refractivity contribution in [2.75, 3.05) is 19.8 Å². The second-order valence-electron chi connectivity index (χ2n) is 8.40. The summed E-state index contributed by atoms with van der Waals surface area (Å²) in [4.78, 5) is 37.3. The number of halogens is 1. The minimum absolute atomic E-state index is 0.113. The standard InChI is InChI=1S/C29H30ClNO5/c1-2-36-18-17-31-28(33)26-6-4-3-5-22(26)9-12-24(29(34)35)19-27(32)23-10-7-20(8-11-23)21-13-15-25(30)16-14-21/h3-8,10-11,13-16,24H,2,9,12,17-19H2,1H3,(H,31,33)(H,34,35). The van der Waals surface area contributed by atoms with Crippen molar-refractivity contribution in [3.8, 4) is 11.1 Å². The third-order valence-electron chi connectivity index (χ3n) is 5.93. The zero-order valence-corrected chi connectivity index (χ0v) is 21.0. The Hall–Kier alpha value is -3.48. The number of aliphatic carboxylic acids is 1. The Kier molecular flexibility index (Phi) is 10.2. The normalized spacial score (nSPS) is 11.6. The largest absolute Gasteiger partial charge is 0.481 e. The van der Waals surface area contributed by atoms with Crippen LogP contribution in [0.4, 0.5) is 0 Å². The molecular formula is C29H30ClNO5. The van der Waals surface area contributed by atoms with Crippen LogP contribution >= 0.6 is 11.6 Å². The topological polar surface area (TPSA) is 92.7 Å². The van der Waals surface area contributed by atoms with Gasteiger partial charge in [0.15, 0.2) is 5.78 Å². The van der Waals surface area contributed by atoms with Crippen LogP contribution < -0.4 is 5.32 Å². The van der Waals surface area contributed by atoms with Crippen molar-refractivity contribution in [1.29, 1.82) is 0 Å². The summed E-state index contributed by atoms with van der Waals surface area (Å²) in [6.07, 6.45) is 0.500. The summed E-state index contributed by atoms with van der Waals surface area (Å²) in [6, 6.07) is 21.6. The van der Waals surface area contributed by atoms with Gasteiger partial charge in [-0.15, -0.1) is 0 Å². The number of amides is 1. The van der Waals surface area contributed by atoms with E-state index in [0.29, 0.717) is 42.3 Å². The molecule has 1 atom stereocenters. The molecule has 0 saturated carbocycles. The van der Waals surface area contributed by atoms with Gasteiger partial charge in [0.1, 0.15) is 0 Å². The molecule has 0 saturated heterocycles. The number of ketones is 1. The molecule has 0 radical (unpaired) electrons.